The van der Waals surface area contributed by atoms with Crippen LogP contribution in [0.5, 0.6) is 0 Å². The van der Waals surface area contributed by atoms with Crippen molar-refractivity contribution in [1.29, 1.82) is 0 Å². The van der Waals surface area contributed by atoms with Crippen LogP contribution in [0.1, 0.15) is 89.3 Å². The van der Waals surface area contributed by atoms with Crippen molar-refractivity contribution in [3.8, 4) is 0 Å². The van der Waals surface area contributed by atoms with Gasteiger partial charge < -0.3 is 0 Å². The summed E-state index contributed by atoms with van der Waals surface area (Å²) in [5, 5.41) is 0. The first-order chi connectivity index (χ1) is 10.4. The van der Waals surface area contributed by atoms with Crippen LogP contribution in [0, 0.1) is 0 Å². The van der Waals surface area contributed by atoms with Crippen molar-refractivity contribution < 1.29 is 0 Å². The number of hydrogen-bond acceptors (Lipinski definition) is 4. The normalized spacial score (nSPS) is 12.5. The number of nitrogens with zero attached hydrogens (tertiary/aromatic N) is 2. The minimum absolute atomic E-state index is 0.132. The third-order valence-corrected chi connectivity index (χ3v) is 3.99. The highest BCUT2D eigenvalue weighted by Gasteiger charge is 2.10. The molecular weight excluding hydrogens is 260 g/mol. The third kappa shape index (κ3) is 8.79. The van der Waals surface area contributed by atoms with E-state index in [0.717, 1.165) is 12.1 Å². The van der Waals surface area contributed by atoms with Gasteiger partial charge >= 0.3 is 0 Å². The molecule has 0 spiro atoms. The Morgan fingerprint density at radius 2 is 1.57 bits per heavy atom. The number of unbranched alkanes of at least 4 members (excludes halogenated alkanes) is 9. The first-order valence-corrected chi connectivity index (χ1v) is 8.60. The lowest BCUT2D eigenvalue weighted by Gasteiger charge is -2.14. The van der Waals surface area contributed by atoms with Crippen molar-refractivity contribution >= 4 is 0 Å². The summed E-state index contributed by atoms with van der Waals surface area (Å²) in [7, 11) is 0. The smallest absolute Gasteiger partial charge is 0.0769 e. The minimum atomic E-state index is 0.132. The summed E-state index contributed by atoms with van der Waals surface area (Å²) in [5.74, 6) is 5.61. The molecule has 1 rings (SSSR count). The minimum Gasteiger partial charge on any atom is -0.271 e. The van der Waals surface area contributed by atoms with Crippen LogP contribution in [-0.2, 0) is 0 Å². The van der Waals surface area contributed by atoms with Crippen LogP contribution in [-0.4, -0.2) is 9.97 Å². The van der Waals surface area contributed by atoms with Gasteiger partial charge in [-0.05, 0) is 6.42 Å². The summed E-state index contributed by atoms with van der Waals surface area (Å²) < 4.78 is 0. The molecule has 4 heteroatoms. The second-order valence-corrected chi connectivity index (χ2v) is 5.82. The number of hydrogen-bond donors (Lipinski definition) is 2. The van der Waals surface area contributed by atoms with Crippen LogP contribution in [0.25, 0.3) is 0 Å². The molecule has 1 unspecified atom stereocenters. The number of hydrazine groups is 1. The van der Waals surface area contributed by atoms with E-state index in [1.807, 2.05) is 0 Å². The van der Waals surface area contributed by atoms with Gasteiger partial charge in [0, 0.05) is 12.4 Å². The quantitative estimate of drug-likeness (QED) is 0.323. The maximum absolute atomic E-state index is 5.61. The van der Waals surface area contributed by atoms with Crippen molar-refractivity contribution in [1.82, 2.24) is 15.4 Å². The van der Waals surface area contributed by atoms with Gasteiger partial charge in [-0.15, -0.1) is 0 Å². The number of rotatable bonds is 13. The van der Waals surface area contributed by atoms with Gasteiger partial charge in [0.2, 0.25) is 0 Å². The highest BCUT2D eigenvalue weighted by molar-refractivity contribution is 5.01. The lowest BCUT2D eigenvalue weighted by Crippen LogP contribution is -2.28. The molecule has 21 heavy (non-hydrogen) atoms. The first-order valence-electron chi connectivity index (χ1n) is 8.60. The molecule has 0 fully saturated rings. The average Bonchev–Trinajstić information content (AvgIpc) is 2.54. The molecule has 0 radical (unpaired) electrons. The molecule has 1 aromatic heterocycles. The van der Waals surface area contributed by atoms with Crippen molar-refractivity contribution in [2.24, 2.45) is 5.84 Å². The molecule has 0 bridgehead atoms. The zero-order valence-corrected chi connectivity index (χ0v) is 13.6. The summed E-state index contributed by atoms with van der Waals surface area (Å²) in [4.78, 5) is 8.40. The average molecular weight is 292 g/mol. The second kappa shape index (κ2) is 12.7. The zero-order valence-electron chi connectivity index (χ0n) is 13.6. The van der Waals surface area contributed by atoms with Crippen molar-refractivity contribution in [2.75, 3.05) is 0 Å². The number of nitrogens with two attached hydrogens (primary N) is 1. The molecule has 0 amide bonds. The maximum Gasteiger partial charge on any atom is 0.0769 e. The predicted molar refractivity (Wildman–Crippen MR) is 88.6 cm³/mol. The van der Waals surface area contributed by atoms with Gasteiger partial charge in [0.25, 0.3) is 0 Å². The summed E-state index contributed by atoms with van der Waals surface area (Å²) in [6.45, 7) is 2.27. The largest absolute Gasteiger partial charge is 0.271 e. The van der Waals surface area contributed by atoms with Crippen LogP contribution < -0.4 is 11.3 Å². The summed E-state index contributed by atoms with van der Waals surface area (Å²) >= 11 is 0. The van der Waals surface area contributed by atoms with Gasteiger partial charge in [-0.25, -0.2) is 0 Å². The Morgan fingerprint density at radius 1 is 0.952 bits per heavy atom. The van der Waals surface area contributed by atoms with Gasteiger partial charge in [-0.1, -0.05) is 71.1 Å². The topological polar surface area (TPSA) is 63.8 Å². The van der Waals surface area contributed by atoms with Crippen molar-refractivity contribution in [3.63, 3.8) is 0 Å². The Kier molecular flexibility index (Phi) is 10.9. The van der Waals surface area contributed by atoms with Crippen LogP contribution in [0.4, 0.5) is 0 Å². The highest BCUT2D eigenvalue weighted by Crippen LogP contribution is 2.17. The van der Waals surface area contributed by atoms with E-state index in [2.05, 4.69) is 22.3 Å². The van der Waals surface area contributed by atoms with E-state index in [1.165, 1.54) is 64.2 Å². The van der Waals surface area contributed by atoms with E-state index in [9.17, 15) is 0 Å². The Hall–Kier alpha value is -1.00. The fourth-order valence-corrected chi connectivity index (χ4v) is 2.64. The molecule has 0 saturated carbocycles. The molecule has 1 heterocycles. The Morgan fingerprint density at radius 3 is 2.10 bits per heavy atom. The van der Waals surface area contributed by atoms with Crippen molar-refractivity contribution in [3.05, 3.63) is 24.3 Å². The van der Waals surface area contributed by atoms with Crippen molar-refractivity contribution in [2.45, 2.75) is 83.6 Å². The molecule has 1 aromatic rings. The maximum atomic E-state index is 5.61. The van der Waals surface area contributed by atoms with E-state index in [4.69, 9.17) is 5.84 Å². The first kappa shape index (κ1) is 18.1. The lowest BCUT2D eigenvalue weighted by atomic mass is 10.0. The molecule has 120 valence electrons. The Bertz CT molecular complexity index is 329. The Labute approximate surface area is 129 Å². The van der Waals surface area contributed by atoms with Crippen LogP contribution >= 0.6 is 0 Å². The van der Waals surface area contributed by atoms with Crippen LogP contribution in [0.15, 0.2) is 18.6 Å². The van der Waals surface area contributed by atoms with Gasteiger partial charge in [0.15, 0.2) is 0 Å². The van der Waals surface area contributed by atoms with Gasteiger partial charge in [0.05, 0.1) is 17.9 Å². The standard InChI is InChI=1S/C17H32N4/c1-2-3-4-5-6-7-8-9-10-11-12-16(21-18)17-15-19-13-14-20-17/h13-16,21H,2-12,18H2,1H3. The third-order valence-electron chi connectivity index (χ3n) is 3.99. The molecule has 4 nitrogen and oxygen atoms in total. The lowest BCUT2D eigenvalue weighted by molar-refractivity contribution is 0.465. The highest BCUT2D eigenvalue weighted by atomic mass is 15.2. The van der Waals surface area contributed by atoms with E-state index in [0.29, 0.717) is 0 Å². The van der Waals surface area contributed by atoms with E-state index in [1.54, 1.807) is 18.6 Å². The fraction of sp³-hybridized carbons (Fsp3) is 0.765. The summed E-state index contributed by atoms with van der Waals surface area (Å²) in [5.41, 5.74) is 3.79. The van der Waals surface area contributed by atoms with Crippen LogP contribution in [0.2, 0.25) is 0 Å². The Balaban J connectivity index is 1.98. The van der Waals surface area contributed by atoms with E-state index in [-0.39, 0.29) is 6.04 Å². The molecule has 1 atom stereocenters. The summed E-state index contributed by atoms with van der Waals surface area (Å²) in [6.07, 6.45) is 19.8. The number of aromatic nitrogens is 2. The molecule has 0 aliphatic carbocycles. The SMILES string of the molecule is CCCCCCCCCCCCC(NN)c1cnccn1. The molecule has 0 aliphatic rings. The molecule has 0 aliphatic heterocycles. The molecule has 0 aromatic carbocycles. The second-order valence-electron chi connectivity index (χ2n) is 5.82. The van der Waals surface area contributed by atoms with E-state index < -0.39 is 0 Å². The molecule has 0 saturated heterocycles. The predicted octanol–water partition coefficient (Wildman–Crippen LogP) is 4.29. The van der Waals surface area contributed by atoms with Gasteiger partial charge in [-0.2, -0.15) is 0 Å². The zero-order chi connectivity index (χ0) is 15.2. The number of nitrogens with one attached hydrogen (secondary N) is 1. The van der Waals surface area contributed by atoms with Gasteiger partial charge in [0.1, 0.15) is 0 Å². The van der Waals surface area contributed by atoms with Gasteiger partial charge in [-0.3, -0.25) is 21.2 Å². The molecule has 3 N–H and O–H groups in total. The van der Waals surface area contributed by atoms with Crippen LogP contribution in [0.3, 0.4) is 0 Å². The monoisotopic (exact) mass is 292 g/mol. The molecular formula is C17H32N4. The summed E-state index contributed by atoms with van der Waals surface area (Å²) in [6, 6.07) is 0.132. The van der Waals surface area contributed by atoms with E-state index >= 15 is 0 Å². The fourth-order valence-electron chi connectivity index (χ4n) is 2.64.